The quantitative estimate of drug-likeness (QED) is 0.219. The van der Waals surface area contributed by atoms with Gasteiger partial charge in [-0.3, -0.25) is 9.59 Å². The van der Waals surface area contributed by atoms with Gasteiger partial charge in [0.05, 0.1) is 17.7 Å². The molecule has 7 nitrogen and oxygen atoms in total. The van der Waals surface area contributed by atoms with E-state index < -0.39 is 35.1 Å². The summed E-state index contributed by atoms with van der Waals surface area (Å²) in [5, 5.41) is 27.1. The average Bonchev–Trinajstić information content (AvgIpc) is 2.88. The van der Waals surface area contributed by atoms with E-state index in [0.717, 1.165) is 36.2 Å². The van der Waals surface area contributed by atoms with E-state index in [2.05, 4.69) is 28.6 Å². The molecule has 9 heteroatoms. The van der Waals surface area contributed by atoms with Crippen LogP contribution < -0.4 is 16.1 Å². The second-order valence-corrected chi connectivity index (χ2v) is 9.18. The van der Waals surface area contributed by atoms with Crippen LogP contribution in [0.15, 0.2) is 71.5 Å². The highest BCUT2D eigenvalue weighted by Gasteiger charge is 2.24. The van der Waals surface area contributed by atoms with E-state index in [-0.39, 0.29) is 40.9 Å². The standard InChI is InChI=1S/C29H29F2N3O4/c1-2-17-5-3-6-18(9-17)15-32-16-27(37)23(12-19-10-20(30)13-21(31)11-19)34-29(38)24-14-26(36)22-7-4-8-25(35)28(22)33-24/h3-11,13-14,23,27,32,35,37H,2,12,15-16H2,1H3,(H,33,36)(H,34,38)/t23?,27-/m1/s1. The van der Waals surface area contributed by atoms with Crippen molar-refractivity contribution in [2.75, 3.05) is 6.54 Å². The maximum absolute atomic E-state index is 13.8. The van der Waals surface area contributed by atoms with Crippen molar-refractivity contribution in [2.24, 2.45) is 0 Å². The number of aliphatic hydroxyl groups is 1. The Balaban J connectivity index is 1.54. The predicted molar refractivity (Wildman–Crippen MR) is 141 cm³/mol. The summed E-state index contributed by atoms with van der Waals surface area (Å²) in [4.78, 5) is 28.4. The SMILES string of the molecule is CCc1cccc(CNC[C@@H](O)C(Cc2cc(F)cc(F)c2)NC(=O)c2cc(=O)c3cccc(O)c3[nH]2)c1. The summed E-state index contributed by atoms with van der Waals surface area (Å²) in [6, 6.07) is 15.6. The van der Waals surface area contributed by atoms with Crippen molar-refractivity contribution in [3.05, 3.63) is 111 Å². The summed E-state index contributed by atoms with van der Waals surface area (Å²) < 4.78 is 27.6. The molecule has 2 atom stereocenters. The van der Waals surface area contributed by atoms with E-state index in [0.29, 0.717) is 6.54 Å². The Kier molecular flexibility index (Phi) is 8.50. The second-order valence-electron chi connectivity index (χ2n) is 9.18. The van der Waals surface area contributed by atoms with Gasteiger partial charge in [0.15, 0.2) is 5.43 Å². The number of carbonyl (C=O) groups excluding carboxylic acids is 1. The van der Waals surface area contributed by atoms with Gasteiger partial charge in [0.1, 0.15) is 23.1 Å². The van der Waals surface area contributed by atoms with E-state index in [1.807, 2.05) is 18.2 Å². The number of aromatic amines is 1. The van der Waals surface area contributed by atoms with Crippen molar-refractivity contribution in [2.45, 2.75) is 38.5 Å². The number of nitrogens with one attached hydrogen (secondary N) is 3. The maximum Gasteiger partial charge on any atom is 0.268 e. The van der Waals surface area contributed by atoms with Crippen LogP contribution in [-0.4, -0.2) is 39.8 Å². The minimum Gasteiger partial charge on any atom is -0.506 e. The number of aliphatic hydroxyl groups excluding tert-OH is 1. The third kappa shape index (κ3) is 6.62. The molecule has 4 rings (SSSR count). The fourth-order valence-corrected chi connectivity index (χ4v) is 4.36. The Morgan fingerprint density at radius 3 is 2.42 bits per heavy atom. The molecule has 1 unspecified atom stereocenters. The van der Waals surface area contributed by atoms with Gasteiger partial charge >= 0.3 is 0 Å². The first-order valence-corrected chi connectivity index (χ1v) is 12.3. The van der Waals surface area contributed by atoms with Gasteiger partial charge in [-0.1, -0.05) is 37.3 Å². The fraction of sp³-hybridized carbons (Fsp3) is 0.241. The highest BCUT2D eigenvalue weighted by molar-refractivity contribution is 5.96. The van der Waals surface area contributed by atoms with Crippen molar-refractivity contribution >= 4 is 16.8 Å². The summed E-state index contributed by atoms with van der Waals surface area (Å²) in [6.45, 7) is 2.61. The lowest BCUT2D eigenvalue weighted by atomic mass is 10.00. The molecule has 198 valence electrons. The molecule has 0 spiro atoms. The molecule has 0 saturated carbocycles. The Hall–Kier alpha value is -4.08. The van der Waals surface area contributed by atoms with Crippen LogP contribution >= 0.6 is 0 Å². The molecule has 1 aromatic heterocycles. The number of fused-ring (bicyclic) bond motifs is 1. The third-order valence-corrected chi connectivity index (χ3v) is 6.33. The third-order valence-electron chi connectivity index (χ3n) is 6.33. The summed E-state index contributed by atoms with van der Waals surface area (Å²) in [5.41, 5.74) is 1.95. The van der Waals surface area contributed by atoms with Gasteiger partial charge in [0.25, 0.3) is 5.91 Å². The smallest absolute Gasteiger partial charge is 0.268 e. The number of para-hydroxylation sites is 1. The van der Waals surface area contributed by atoms with Crippen LogP contribution in [0.1, 0.15) is 34.1 Å². The number of aryl methyl sites for hydroxylation is 1. The van der Waals surface area contributed by atoms with Crippen LogP contribution in [0.3, 0.4) is 0 Å². The Morgan fingerprint density at radius 2 is 1.68 bits per heavy atom. The lowest BCUT2D eigenvalue weighted by molar-refractivity contribution is 0.0825. The van der Waals surface area contributed by atoms with Gasteiger partial charge in [0.2, 0.25) is 0 Å². The number of benzene rings is 3. The van der Waals surface area contributed by atoms with E-state index in [9.17, 15) is 28.6 Å². The summed E-state index contributed by atoms with van der Waals surface area (Å²) in [6.07, 6.45) is -0.318. The molecule has 0 aliphatic rings. The number of hydrogen-bond acceptors (Lipinski definition) is 5. The number of aromatic hydroxyl groups is 1. The van der Waals surface area contributed by atoms with Gasteiger partial charge in [-0.2, -0.15) is 0 Å². The van der Waals surface area contributed by atoms with E-state index in [1.165, 1.54) is 23.8 Å². The maximum atomic E-state index is 13.8. The van der Waals surface area contributed by atoms with Gasteiger partial charge < -0.3 is 25.8 Å². The fourth-order valence-electron chi connectivity index (χ4n) is 4.36. The van der Waals surface area contributed by atoms with Crippen molar-refractivity contribution in [1.29, 1.82) is 0 Å². The summed E-state index contributed by atoms with van der Waals surface area (Å²) in [7, 11) is 0. The number of pyridine rings is 1. The number of hydrogen-bond donors (Lipinski definition) is 5. The van der Waals surface area contributed by atoms with E-state index >= 15 is 0 Å². The van der Waals surface area contributed by atoms with Crippen molar-refractivity contribution < 1.29 is 23.8 Å². The summed E-state index contributed by atoms with van der Waals surface area (Å²) >= 11 is 0. The van der Waals surface area contributed by atoms with Crippen LogP contribution in [0.25, 0.3) is 10.9 Å². The number of amides is 1. The second kappa shape index (κ2) is 12.0. The Labute approximate surface area is 218 Å². The minimum atomic E-state index is -1.14. The zero-order chi connectivity index (χ0) is 27.2. The van der Waals surface area contributed by atoms with Crippen molar-refractivity contribution in [3.63, 3.8) is 0 Å². The Bertz CT molecular complexity index is 1480. The molecule has 0 aliphatic heterocycles. The molecule has 3 aromatic carbocycles. The zero-order valence-electron chi connectivity index (χ0n) is 20.8. The van der Waals surface area contributed by atoms with Crippen LogP contribution in [-0.2, 0) is 19.4 Å². The van der Waals surface area contributed by atoms with Crippen LogP contribution in [0.2, 0.25) is 0 Å². The molecule has 0 saturated heterocycles. The molecule has 0 aliphatic carbocycles. The molecule has 38 heavy (non-hydrogen) atoms. The van der Waals surface area contributed by atoms with E-state index in [4.69, 9.17) is 0 Å². The molecule has 5 N–H and O–H groups in total. The molecule has 0 radical (unpaired) electrons. The Morgan fingerprint density at radius 1 is 0.974 bits per heavy atom. The number of carbonyl (C=O) groups is 1. The molecular formula is C29H29F2N3O4. The number of aromatic nitrogens is 1. The van der Waals surface area contributed by atoms with Gasteiger partial charge in [-0.15, -0.1) is 0 Å². The predicted octanol–water partition coefficient (Wildman–Crippen LogP) is 3.57. The number of phenols is 1. The first kappa shape index (κ1) is 27.0. The zero-order valence-corrected chi connectivity index (χ0v) is 20.8. The molecule has 1 amide bonds. The monoisotopic (exact) mass is 521 g/mol. The first-order chi connectivity index (χ1) is 18.2. The normalized spacial score (nSPS) is 12.8. The molecular weight excluding hydrogens is 492 g/mol. The average molecular weight is 522 g/mol. The van der Waals surface area contributed by atoms with Gasteiger partial charge in [0, 0.05) is 30.6 Å². The minimum absolute atomic E-state index is 0.0718. The molecule has 0 fully saturated rings. The van der Waals surface area contributed by atoms with Crippen molar-refractivity contribution in [1.82, 2.24) is 15.6 Å². The number of rotatable bonds is 10. The lowest BCUT2D eigenvalue weighted by Gasteiger charge is -2.25. The van der Waals surface area contributed by atoms with Crippen molar-refractivity contribution in [3.8, 4) is 5.75 Å². The van der Waals surface area contributed by atoms with E-state index in [1.54, 1.807) is 0 Å². The summed E-state index contributed by atoms with van der Waals surface area (Å²) in [5.74, 6) is -2.47. The van der Waals surface area contributed by atoms with Crippen LogP contribution in [0.4, 0.5) is 8.78 Å². The number of H-pyrrole nitrogens is 1. The first-order valence-electron chi connectivity index (χ1n) is 12.3. The lowest BCUT2D eigenvalue weighted by Crippen LogP contribution is -2.49. The highest BCUT2D eigenvalue weighted by atomic mass is 19.1. The van der Waals surface area contributed by atoms with Crippen LogP contribution in [0, 0.1) is 11.6 Å². The largest absolute Gasteiger partial charge is 0.506 e. The number of phenolic OH excluding ortho intramolecular Hbond substituents is 1. The molecule has 1 heterocycles. The number of halogens is 2. The molecule has 0 bridgehead atoms. The van der Waals surface area contributed by atoms with Gasteiger partial charge in [-0.05, 0) is 53.8 Å². The molecule has 4 aromatic rings. The highest BCUT2D eigenvalue weighted by Crippen LogP contribution is 2.20. The topological polar surface area (TPSA) is 114 Å². The van der Waals surface area contributed by atoms with Crippen LogP contribution in [0.5, 0.6) is 5.75 Å². The van der Waals surface area contributed by atoms with Gasteiger partial charge in [-0.25, -0.2) is 8.78 Å².